The van der Waals surface area contributed by atoms with Crippen LogP contribution in [0.3, 0.4) is 0 Å². The highest BCUT2D eigenvalue weighted by atomic mass is 19.1. The number of aryl methyl sites for hydroxylation is 1. The number of pyridine rings is 1. The maximum atomic E-state index is 14.7. The van der Waals surface area contributed by atoms with Crippen molar-refractivity contribution in [1.29, 1.82) is 0 Å². The van der Waals surface area contributed by atoms with Crippen LogP contribution in [0, 0.1) is 6.92 Å². The van der Waals surface area contributed by atoms with Crippen LogP contribution in [-0.4, -0.2) is 11.5 Å². The van der Waals surface area contributed by atoms with Crippen LogP contribution >= 0.6 is 0 Å². The lowest BCUT2D eigenvalue weighted by Crippen LogP contribution is -2.30. The van der Waals surface area contributed by atoms with E-state index in [0.717, 1.165) is 23.0 Å². The van der Waals surface area contributed by atoms with Gasteiger partial charge in [-0.15, -0.1) is 0 Å². The summed E-state index contributed by atoms with van der Waals surface area (Å²) in [5, 5.41) is 0.963. The van der Waals surface area contributed by atoms with E-state index in [1.54, 1.807) is 6.07 Å². The third-order valence-electron chi connectivity index (χ3n) is 3.32. The average Bonchev–Trinajstić information content (AvgIpc) is 2.38. The molecule has 1 aromatic carbocycles. The third-order valence-corrected chi connectivity index (χ3v) is 3.32. The van der Waals surface area contributed by atoms with Gasteiger partial charge in [0.15, 0.2) is 0 Å². The highest BCUT2D eigenvalue weighted by molar-refractivity contribution is 5.79. The van der Waals surface area contributed by atoms with Crippen LogP contribution < -0.4 is 5.73 Å². The normalized spacial score (nSPS) is 14.7. The fraction of sp³-hybridized carbons (Fsp3) is 0.400. The highest BCUT2D eigenvalue weighted by Gasteiger charge is 2.29. The SMILES string of the molecule is CCCC(F)(CN)c1ccc2nc(C)ccc2c1. The number of nitrogens with two attached hydrogens (primary N) is 1. The van der Waals surface area contributed by atoms with Crippen LogP contribution in [0.5, 0.6) is 0 Å². The van der Waals surface area contributed by atoms with Gasteiger partial charge >= 0.3 is 0 Å². The summed E-state index contributed by atoms with van der Waals surface area (Å²) in [5.74, 6) is 0. The summed E-state index contributed by atoms with van der Waals surface area (Å²) in [4.78, 5) is 4.42. The number of alkyl halides is 1. The van der Waals surface area contributed by atoms with Crippen molar-refractivity contribution in [3.8, 4) is 0 Å². The summed E-state index contributed by atoms with van der Waals surface area (Å²) >= 11 is 0. The van der Waals surface area contributed by atoms with Gasteiger partial charge in [-0.3, -0.25) is 4.98 Å². The van der Waals surface area contributed by atoms with E-state index in [2.05, 4.69) is 4.98 Å². The summed E-state index contributed by atoms with van der Waals surface area (Å²) in [6.45, 7) is 3.94. The van der Waals surface area contributed by atoms with Crippen molar-refractivity contribution < 1.29 is 4.39 Å². The van der Waals surface area contributed by atoms with Crippen molar-refractivity contribution in [2.45, 2.75) is 32.4 Å². The minimum Gasteiger partial charge on any atom is -0.327 e. The minimum atomic E-state index is -1.42. The fourth-order valence-corrected chi connectivity index (χ4v) is 2.27. The van der Waals surface area contributed by atoms with Gasteiger partial charge in [0.1, 0.15) is 5.67 Å². The van der Waals surface area contributed by atoms with Crippen LogP contribution in [0.4, 0.5) is 4.39 Å². The zero-order valence-electron chi connectivity index (χ0n) is 10.9. The maximum Gasteiger partial charge on any atom is 0.148 e. The van der Waals surface area contributed by atoms with Crippen molar-refractivity contribution in [3.05, 3.63) is 41.6 Å². The Morgan fingerprint density at radius 1 is 1.28 bits per heavy atom. The second kappa shape index (κ2) is 5.02. The first kappa shape index (κ1) is 13.0. The molecule has 1 aromatic heterocycles. The van der Waals surface area contributed by atoms with E-state index >= 15 is 0 Å². The van der Waals surface area contributed by atoms with Gasteiger partial charge in [0.2, 0.25) is 0 Å². The van der Waals surface area contributed by atoms with Crippen LogP contribution in [0.15, 0.2) is 30.3 Å². The molecule has 0 aliphatic carbocycles. The van der Waals surface area contributed by atoms with Gasteiger partial charge < -0.3 is 5.73 Å². The molecule has 2 N–H and O–H groups in total. The number of rotatable bonds is 4. The number of halogens is 1. The van der Waals surface area contributed by atoms with Gasteiger partial charge in [-0.05, 0) is 37.1 Å². The molecule has 1 unspecified atom stereocenters. The predicted molar refractivity (Wildman–Crippen MR) is 73.2 cm³/mol. The van der Waals surface area contributed by atoms with Gasteiger partial charge in [-0.2, -0.15) is 0 Å². The van der Waals surface area contributed by atoms with Crippen LogP contribution in [0.25, 0.3) is 10.9 Å². The van der Waals surface area contributed by atoms with Crippen LogP contribution in [0.1, 0.15) is 31.0 Å². The molecule has 2 nitrogen and oxygen atoms in total. The van der Waals surface area contributed by atoms with Gasteiger partial charge in [0.25, 0.3) is 0 Å². The fourth-order valence-electron chi connectivity index (χ4n) is 2.27. The highest BCUT2D eigenvalue weighted by Crippen LogP contribution is 2.31. The predicted octanol–water partition coefficient (Wildman–Crippen LogP) is 3.47. The monoisotopic (exact) mass is 246 g/mol. The van der Waals surface area contributed by atoms with E-state index in [1.807, 2.05) is 38.1 Å². The Morgan fingerprint density at radius 3 is 2.72 bits per heavy atom. The van der Waals surface area contributed by atoms with Gasteiger partial charge in [-0.1, -0.05) is 25.5 Å². The molecule has 0 fully saturated rings. The van der Waals surface area contributed by atoms with E-state index < -0.39 is 5.67 Å². The largest absolute Gasteiger partial charge is 0.327 e. The topological polar surface area (TPSA) is 38.9 Å². The van der Waals surface area contributed by atoms with Crippen molar-refractivity contribution in [2.75, 3.05) is 6.54 Å². The molecule has 0 bridgehead atoms. The Hall–Kier alpha value is -1.48. The molecular weight excluding hydrogens is 227 g/mol. The standard InChI is InChI=1S/C15H19FN2/c1-3-8-15(16,10-17)13-6-7-14-12(9-13)5-4-11(2)18-14/h4-7,9H,3,8,10,17H2,1-2H3. The second-order valence-corrected chi connectivity index (χ2v) is 4.78. The summed E-state index contributed by atoms with van der Waals surface area (Å²) < 4.78 is 14.7. The Bertz CT molecular complexity index is 553. The lowest BCUT2D eigenvalue weighted by Gasteiger charge is -2.24. The molecule has 3 heteroatoms. The first-order valence-electron chi connectivity index (χ1n) is 6.36. The van der Waals surface area contributed by atoms with Gasteiger partial charge in [-0.25, -0.2) is 4.39 Å². The van der Waals surface area contributed by atoms with Crippen LogP contribution in [0.2, 0.25) is 0 Å². The average molecular weight is 246 g/mol. The quantitative estimate of drug-likeness (QED) is 0.897. The van der Waals surface area contributed by atoms with Crippen molar-refractivity contribution in [2.24, 2.45) is 5.73 Å². The van der Waals surface area contributed by atoms with E-state index in [9.17, 15) is 4.39 Å². The smallest absolute Gasteiger partial charge is 0.148 e. The molecule has 0 saturated heterocycles. The molecule has 0 saturated carbocycles. The molecular formula is C15H19FN2. The molecule has 2 rings (SSSR count). The van der Waals surface area contributed by atoms with Gasteiger partial charge in [0, 0.05) is 17.6 Å². The minimum absolute atomic E-state index is 0.0195. The third kappa shape index (κ3) is 2.36. The Labute approximate surface area is 107 Å². The maximum absolute atomic E-state index is 14.7. The van der Waals surface area contributed by atoms with E-state index in [0.29, 0.717) is 12.0 Å². The molecule has 0 radical (unpaired) electrons. The lowest BCUT2D eigenvalue weighted by molar-refractivity contribution is 0.159. The Morgan fingerprint density at radius 2 is 2.06 bits per heavy atom. The van der Waals surface area contributed by atoms with Crippen LogP contribution in [-0.2, 0) is 5.67 Å². The van der Waals surface area contributed by atoms with E-state index in [4.69, 9.17) is 5.73 Å². The molecule has 0 spiro atoms. The Kier molecular flexibility index (Phi) is 3.62. The molecule has 1 atom stereocenters. The molecule has 0 aliphatic heterocycles. The van der Waals surface area contributed by atoms with Crippen molar-refractivity contribution >= 4 is 10.9 Å². The number of hydrogen-bond acceptors (Lipinski definition) is 2. The zero-order valence-corrected chi connectivity index (χ0v) is 10.9. The number of nitrogens with zero attached hydrogens (tertiary/aromatic N) is 1. The second-order valence-electron chi connectivity index (χ2n) is 4.78. The number of benzene rings is 1. The number of aromatic nitrogens is 1. The first-order chi connectivity index (χ1) is 8.59. The first-order valence-corrected chi connectivity index (χ1v) is 6.36. The van der Waals surface area contributed by atoms with E-state index in [-0.39, 0.29) is 6.54 Å². The summed E-state index contributed by atoms with van der Waals surface area (Å²) in [6.07, 6.45) is 1.23. The Balaban J connectivity index is 2.49. The molecule has 2 aromatic rings. The molecule has 18 heavy (non-hydrogen) atoms. The van der Waals surface area contributed by atoms with Crippen molar-refractivity contribution in [1.82, 2.24) is 4.98 Å². The summed E-state index contributed by atoms with van der Waals surface area (Å²) in [5.41, 5.74) is 6.70. The zero-order chi connectivity index (χ0) is 13.2. The molecule has 1 heterocycles. The van der Waals surface area contributed by atoms with E-state index in [1.165, 1.54) is 0 Å². The van der Waals surface area contributed by atoms with Gasteiger partial charge in [0.05, 0.1) is 5.52 Å². The van der Waals surface area contributed by atoms with Crippen molar-refractivity contribution in [3.63, 3.8) is 0 Å². The summed E-state index contributed by atoms with van der Waals surface area (Å²) in [7, 11) is 0. The molecule has 0 amide bonds. The number of fused-ring (bicyclic) bond motifs is 1. The molecule has 0 aliphatic rings. The summed E-state index contributed by atoms with van der Waals surface area (Å²) in [6, 6.07) is 9.46. The number of hydrogen-bond donors (Lipinski definition) is 1. The molecule has 96 valence electrons. The lowest BCUT2D eigenvalue weighted by atomic mass is 9.90.